The van der Waals surface area contributed by atoms with Crippen LogP contribution in [0.4, 0.5) is 0 Å². The lowest BCUT2D eigenvalue weighted by atomic mass is 10.0. The van der Waals surface area contributed by atoms with Crippen molar-refractivity contribution in [1.82, 2.24) is 19.6 Å². The first kappa shape index (κ1) is 17.5. The van der Waals surface area contributed by atoms with E-state index in [9.17, 15) is 4.79 Å². The molecule has 0 spiro atoms. The average Bonchev–Trinajstić information content (AvgIpc) is 3.37. The van der Waals surface area contributed by atoms with Crippen LogP contribution in [-0.4, -0.2) is 51.7 Å². The van der Waals surface area contributed by atoms with Crippen LogP contribution in [0.15, 0.2) is 53.4 Å². The van der Waals surface area contributed by atoms with Gasteiger partial charge in [-0.25, -0.2) is 4.68 Å². The smallest absolute Gasteiger partial charge is 0.289 e. The summed E-state index contributed by atoms with van der Waals surface area (Å²) in [6.07, 6.45) is 5.33. The molecular weight excluding hydrogens is 340 g/mol. The van der Waals surface area contributed by atoms with Crippen LogP contribution in [0.3, 0.4) is 0 Å². The molecule has 3 heterocycles. The Balaban J connectivity index is 1.47. The number of piperazine rings is 1. The summed E-state index contributed by atoms with van der Waals surface area (Å²) in [6.45, 7) is 8.23. The van der Waals surface area contributed by atoms with Crippen molar-refractivity contribution in [2.45, 2.75) is 20.4 Å². The van der Waals surface area contributed by atoms with Gasteiger partial charge in [0.25, 0.3) is 5.91 Å². The molecule has 6 nitrogen and oxygen atoms in total. The van der Waals surface area contributed by atoms with Crippen LogP contribution in [0.2, 0.25) is 0 Å². The van der Waals surface area contributed by atoms with Gasteiger partial charge in [0.2, 0.25) is 0 Å². The quantitative estimate of drug-likeness (QED) is 0.714. The van der Waals surface area contributed by atoms with Crippen LogP contribution < -0.4 is 0 Å². The fourth-order valence-corrected chi connectivity index (χ4v) is 3.69. The highest BCUT2D eigenvalue weighted by Crippen LogP contribution is 2.23. The average molecular weight is 364 g/mol. The van der Waals surface area contributed by atoms with E-state index in [1.165, 1.54) is 16.7 Å². The number of carbonyl (C=O) groups excluding carboxylic acids is 1. The molecule has 0 saturated carbocycles. The molecular formula is C21H24N4O2. The third kappa shape index (κ3) is 3.66. The highest BCUT2D eigenvalue weighted by Gasteiger charge is 2.24. The molecule has 0 atom stereocenters. The number of benzene rings is 1. The number of nitrogens with zero attached hydrogens (tertiary/aromatic N) is 4. The van der Waals surface area contributed by atoms with Gasteiger partial charge in [0.05, 0.1) is 12.0 Å². The van der Waals surface area contributed by atoms with Crippen LogP contribution in [-0.2, 0) is 6.54 Å². The summed E-state index contributed by atoms with van der Waals surface area (Å²) in [6, 6.07) is 9.83. The Morgan fingerprint density at radius 3 is 2.63 bits per heavy atom. The summed E-state index contributed by atoms with van der Waals surface area (Å²) in [5.41, 5.74) is 4.92. The molecule has 0 radical (unpaired) electrons. The lowest BCUT2D eigenvalue weighted by molar-refractivity contribution is 0.0597. The van der Waals surface area contributed by atoms with Gasteiger partial charge in [-0.05, 0) is 54.8 Å². The van der Waals surface area contributed by atoms with Gasteiger partial charge in [0, 0.05) is 45.1 Å². The van der Waals surface area contributed by atoms with Gasteiger partial charge in [0.1, 0.15) is 0 Å². The SMILES string of the molecule is Cc1cc(C)c(CN2CCN(C(=O)c3ccco3)CC2)c(-n2cccn2)c1. The van der Waals surface area contributed by atoms with Crippen molar-refractivity contribution in [3.8, 4) is 5.69 Å². The Morgan fingerprint density at radius 2 is 1.96 bits per heavy atom. The van der Waals surface area contributed by atoms with Crippen molar-refractivity contribution in [2.24, 2.45) is 0 Å². The van der Waals surface area contributed by atoms with E-state index >= 15 is 0 Å². The summed E-state index contributed by atoms with van der Waals surface area (Å²) in [7, 11) is 0. The molecule has 4 rings (SSSR count). The Labute approximate surface area is 159 Å². The van der Waals surface area contributed by atoms with Crippen molar-refractivity contribution in [2.75, 3.05) is 26.2 Å². The maximum absolute atomic E-state index is 12.4. The number of aromatic nitrogens is 2. The van der Waals surface area contributed by atoms with E-state index < -0.39 is 0 Å². The van der Waals surface area contributed by atoms with E-state index in [0.717, 1.165) is 25.3 Å². The number of hydrogen-bond donors (Lipinski definition) is 0. The molecule has 0 bridgehead atoms. The predicted octanol–water partition coefficient (Wildman–Crippen LogP) is 3.04. The number of rotatable bonds is 4. The second-order valence-corrected chi connectivity index (χ2v) is 7.08. The van der Waals surface area contributed by atoms with Gasteiger partial charge in [-0.15, -0.1) is 0 Å². The van der Waals surface area contributed by atoms with Gasteiger partial charge in [-0.1, -0.05) is 6.07 Å². The molecule has 1 aliphatic heterocycles. The van der Waals surface area contributed by atoms with E-state index in [4.69, 9.17) is 4.42 Å². The van der Waals surface area contributed by atoms with Gasteiger partial charge in [-0.2, -0.15) is 5.10 Å². The molecule has 1 aromatic carbocycles. The van der Waals surface area contributed by atoms with Crippen molar-refractivity contribution in [3.05, 3.63) is 71.4 Å². The number of amides is 1. The third-order valence-electron chi connectivity index (χ3n) is 5.12. The molecule has 2 aromatic heterocycles. The van der Waals surface area contributed by atoms with Gasteiger partial charge in [0.15, 0.2) is 5.76 Å². The molecule has 6 heteroatoms. The number of hydrogen-bond acceptors (Lipinski definition) is 4. The maximum atomic E-state index is 12.4. The molecule has 1 saturated heterocycles. The van der Waals surface area contributed by atoms with E-state index in [1.807, 2.05) is 21.8 Å². The van der Waals surface area contributed by atoms with E-state index in [1.54, 1.807) is 24.6 Å². The minimum Gasteiger partial charge on any atom is -0.459 e. The largest absolute Gasteiger partial charge is 0.459 e. The predicted molar refractivity (Wildman–Crippen MR) is 103 cm³/mol. The molecule has 0 N–H and O–H groups in total. The van der Waals surface area contributed by atoms with Crippen molar-refractivity contribution >= 4 is 5.91 Å². The minimum absolute atomic E-state index is 0.0246. The first-order valence-corrected chi connectivity index (χ1v) is 9.27. The molecule has 27 heavy (non-hydrogen) atoms. The summed E-state index contributed by atoms with van der Waals surface area (Å²) < 4.78 is 7.18. The highest BCUT2D eigenvalue weighted by molar-refractivity contribution is 5.91. The second-order valence-electron chi connectivity index (χ2n) is 7.08. The van der Waals surface area contributed by atoms with Crippen LogP contribution >= 0.6 is 0 Å². The Kier molecular flexibility index (Phi) is 4.81. The molecule has 140 valence electrons. The summed E-state index contributed by atoms with van der Waals surface area (Å²) in [5, 5.41) is 4.42. The molecule has 1 amide bonds. The van der Waals surface area contributed by atoms with Crippen LogP contribution in [0.25, 0.3) is 5.69 Å². The van der Waals surface area contributed by atoms with Gasteiger partial charge in [-0.3, -0.25) is 9.69 Å². The fraction of sp³-hybridized carbons (Fsp3) is 0.333. The standard InChI is InChI=1S/C21H24N4O2/c1-16-13-17(2)18(19(14-16)25-7-4-6-22-25)15-23-8-10-24(11-9-23)21(26)20-5-3-12-27-20/h3-7,12-14H,8-11,15H2,1-2H3. The minimum atomic E-state index is -0.0246. The summed E-state index contributed by atoms with van der Waals surface area (Å²) in [4.78, 5) is 16.7. The topological polar surface area (TPSA) is 54.5 Å². The monoisotopic (exact) mass is 364 g/mol. The fourth-order valence-electron chi connectivity index (χ4n) is 3.69. The summed E-state index contributed by atoms with van der Waals surface area (Å²) in [5.74, 6) is 0.391. The number of furan rings is 1. The van der Waals surface area contributed by atoms with E-state index in [0.29, 0.717) is 18.8 Å². The molecule has 3 aromatic rings. The maximum Gasteiger partial charge on any atom is 0.289 e. The first-order valence-electron chi connectivity index (χ1n) is 9.27. The Morgan fingerprint density at radius 1 is 1.15 bits per heavy atom. The zero-order valence-corrected chi connectivity index (χ0v) is 15.8. The normalized spacial score (nSPS) is 15.3. The van der Waals surface area contributed by atoms with E-state index in [2.05, 4.69) is 36.0 Å². The number of carbonyl (C=O) groups is 1. The lowest BCUT2D eigenvalue weighted by Gasteiger charge is -2.35. The van der Waals surface area contributed by atoms with Crippen LogP contribution in [0, 0.1) is 13.8 Å². The third-order valence-corrected chi connectivity index (χ3v) is 5.12. The zero-order chi connectivity index (χ0) is 18.8. The Hall–Kier alpha value is -2.86. The second kappa shape index (κ2) is 7.40. The number of aryl methyl sites for hydroxylation is 2. The van der Waals surface area contributed by atoms with Crippen molar-refractivity contribution in [1.29, 1.82) is 0 Å². The highest BCUT2D eigenvalue weighted by atomic mass is 16.3. The van der Waals surface area contributed by atoms with Crippen LogP contribution in [0.1, 0.15) is 27.2 Å². The molecule has 1 fully saturated rings. The lowest BCUT2D eigenvalue weighted by Crippen LogP contribution is -2.48. The van der Waals surface area contributed by atoms with Crippen molar-refractivity contribution < 1.29 is 9.21 Å². The summed E-state index contributed by atoms with van der Waals surface area (Å²) >= 11 is 0. The molecule has 1 aliphatic rings. The van der Waals surface area contributed by atoms with E-state index in [-0.39, 0.29) is 5.91 Å². The Bertz CT molecular complexity index is 908. The zero-order valence-electron chi connectivity index (χ0n) is 15.8. The first-order chi connectivity index (χ1) is 13.1. The van der Waals surface area contributed by atoms with Gasteiger partial charge < -0.3 is 9.32 Å². The van der Waals surface area contributed by atoms with Crippen LogP contribution in [0.5, 0.6) is 0 Å². The van der Waals surface area contributed by atoms with Gasteiger partial charge >= 0.3 is 0 Å². The molecule has 0 unspecified atom stereocenters. The van der Waals surface area contributed by atoms with Crippen molar-refractivity contribution in [3.63, 3.8) is 0 Å². The molecule has 0 aliphatic carbocycles.